The molecule has 0 saturated carbocycles. The number of H-pyrrole nitrogens is 1. The van der Waals surface area contributed by atoms with Gasteiger partial charge in [0.1, 0.15) is 17.2 Å². The Labute approximate surface area is 128 Å². The quantitative estimate of drug-likeness (QED) is 0.684. The van der Waals surface area contributed by atoms with Gasteiger partial charge in [0.2, 0.25) is 0 Å². The minimum absolute atomic E-state index is 0.0534. The number of carbonyl (C=O) groups excluding carboxylic acids is 1. The topological polar surface area (TPSA) is 105 Å². The minimum Gasteiger partial charge on any atom is -0.334 e. The average Bonchev–Trinajstić information content (AvgIpc) is 2.93. The normalized spacial score (nSPS) is 10.4. The number of aromatic nitrogens is 3. The second-order valence-electron chi connectivity index (χ2n) is 4.14. The monoisotopic (exact) mass is 329 g/mol. The molecule has 0 fully saturated rings. The van der Waals surface area contributed by atoms with Crippen LogP contribution < -0.4 is 0 Å². The molecule has 1 aromatic heterocycles. The molecule has 1 amide bonds. The summed E-state index contributed by atoms with van der Waals surface area (Å²) in [5, 5.41) is 16.9. The van der Waals surface area contributed by atoms with E-state index in [9.17, 15) is 14.9 Å². The van der Waals surface area contributed by atoms with Crippen LogP contribution in [0.5, 0.6) is 0 Å². The Balaban J connectivity index is 2.28. The molecular formula is C11H9Cl2N5O3. The van der Waals surface area contributed by atoms with Crippen LogP contribution in [-0.4, -0.2) is 38.0 Å². The highest BCUT2D eigenvalue weighted by atomic mass is 35.5. The molecule has 1 aromatic carbocycles. The summed E-state index contributed by atoms with van der Waals surface area (Å²) in [7, 11) is 1.53. The van der Waals surface area contributed by atoms with Crippen LogP contribution in [0, 0.1) is 10.1 Å². The number of nitrogens with zero attached hydrogens (tertiary/aromatic N) is 4. The second-order valence-corrected chi connectivity index (χ2v) is 4.93. The van der Waals surface area contributed by atoms with E-state index in [0.29, 0.717) is 5.82 Å². The van der Waals surface area contributed by atoms with Crippen LogP contribution in [-0.2, 0) is 6.54 Å². The van der Waals surface area contributed by atoms with Crippen LogP contribution in [0.25, 0.3) is 0 Å². The lowest BCUT2D eigenvalue weighted by molar-refractivity contribution is -0.384. The number of nitro groups is 1. The van der Waals surface area contributed by atoms with Crippen LogP contribution >= 0.6 is 23.2 Å². The van der Waals surface area contributed by atoms with E-state index in [0.717, 1.165) is 6.07 Å². The van der Waals surface area contributed by atoms with Crippen LogP contribution in [0.1, 0.15) is 16.2 Å². The molecule has 0 bridgehead atoms. The van der Waals surface area contributed by atoms with Gasteiger partial charge in [-0.2, -0.15) is 5.10 Å². The number of carbonyl (C=O) groups is 1. The lowest BCUT2D eigenvalue weighted by Gasteiger charge is -2.15. The fourth-order valence-corrected chi connectivity index (χ4v) is 2.05. The Morgan fingerprint density at radius 1 is 1.48 bits per heavy atom. The van der Waals surface area contributed by atoms with Crippen LogP contribution in [0.3, 0.4) is 0 Å². The zero-order valence-corrected chi connectivity index (χ0v) is 12.2. The summed E-state index contributed by atoms with van der Waals surface area (Å²) in [6, 6.07) is 2.38. The number of hydrogen-bond donors (Lipinski definition) is 1. The summed E-state index contributed by atoms with van der Waals surface area (Å²) in [5.41, 5.74) is -0.348. The average molecular weight is 330 g/mol. The minimum atomic E-state index is -0.693. The van der Waals surface area contributed by atoms with E-state index in [4.69, 9.17) is 23.2 Å². The lowest BCUT2D eigenvalue weighted by atomic mass is 10.1. The van der Waals surface area contributed by atoms with Crippen LogP contribution in [0.15, 0.2) is 18.5 Å². The van der Waals surface area contributed by atoms with E-state index in [1.165, 1.54) is 24.3 Å². The molecule has 0 radical (unpaired) electrons. The number of rotatable bonds is 4. The lowest BCUT2D eigenvalue weighted by Crippen LogP contribution is -2.26. The van der Waals surface area contributed by atoms with Crippen molar-refractivity contribution in [1.82, 2.24) is 20.1 Å². The first kappa shape index (κ1) is 15.2. The Morgan fingerprint density at radius 2 is 2.19 bits per heavy atom. The summed E-state index contributed by atoms with van der Waals surface area (Å²) in [4.78, 5) is 27.7. The highest BCUT2D eigenvalue weighted by Crippen LogP contribution is 2.33. The van der Waals surface area contributed by atoms with E-state index in [2.05, 4.69) is 15.2 Å². The summed E-state index contributed by atoms with van der Waals surface area (Å²) < 4.78 is 0. The van der Waals surface area contributed by atoms with Crippen molar-refractivity contribution in [2.75, 3.05) is 7.05 Å². The molecule has 1 N–H and O–H groups in total. The van der Waals surface area contributed by atoms with Crippen molar-refractivity contribution >= 4 is 34.8 Å². The molecule has 0 saturated heterocycles. The van der Waals surface area contributed by atoms with Gasteiger partial charge in [-0.3, -0.25) is 20.0 Å². The van der Waals surface area contributed by atoms with Gasteiger partial charge in [0.15, 0.2) is 0 Å². The van der Waals surface area contributed by atoms with Crippen LogP contribution in [0.4, 0.5) is 5.69 Å². The van der Waals surface area contributed by atoms with E-state index >= 15 is 0 Å². The van der Waals surface area contributed by atoms with Crippen molar-refractivity contribution in [3.05, 3.63) is 50.0 Å². The summed E-state index contributed by atoms with van der Waals surface area (Å²) in [6.45, 7) is 0.173. The molecule has 2 rings (SSSR count). The third kappa shape index (κ3) is 3.29. The van der Waals surface area contributed by atoms with E-state index in [-0.39, 0.29) is 22.2 Å². The molecule has 0 spiro atoms. The van der Waals surface area contributed by atoms with Gasteiger partial charge in [0.05, 0.1) is 16.5 Å². The Morgan fingerprint density at radius 3 is 2.76 bits per heavy atom. The Kier molecular flexibility index (Phi) is 4.39. The smallest absolute Gasteiger partial charge is 0.290 e. The maximum absolute atomic E-state index is 12.2. The predicted octanol–water partition coefficient (Wildman–Crippen LogP) is 2.29. The number of hydrogen-bond acceptors (Lipinski definition) is 5. The zero-order chi connectivity index (χ0) is 15.6. The first-order valence-corrected chi connectivity index (χ1v) is 6.39. The number of benzene rings is 1. The van der Waals surface area contributed by atoms with Crippen molar-refractivity contribution in [3.8, 4) is 0 Å². The molecule has 0 atom stereocenters. The fraction of sp³-hybridized carbons (Fsp3) is 0.182. The molecule has 0 unspecified atom stereocenters. The van der Waals surface area contributed by atoms with Crippen molar-refractivity contribution in [2.45, 2.75) is 6.54 Å². The molecular weight excluding hydrogens is 321 g/mol. The number of amides is 1. The zero-order valence-electron chi connectivity index (χ0n) is 10.7. The van der Waals surface area contributed by atoms with Gasteiger partial charge in [-0.1, -0.05) is 23.2 Å². The van der Waals surface area contributed by atoms with Gasteiger partial charge in [-0.25, -0.2) is 4.98 Å². The van der Waals surface area contributed by atoms with Gasteiger partial charge in [-0.15, -0.1) is 0 Å². The molecule has 10 heteroatoms. The maximum atomic E-state index is 12.2. The largest absolute Gasteiger partial charge is 0.334 e. The molecule has 21 heavy (non-hydrogen) atoms. The van der Waals surface area contributed by atoms with Gasteiger partial charge in [-0.05, 0) is 6.07 Å². The number of halogens is 2. The molecule has 2 aromatic rings. The highest BCUT2D eigenvalue weighted by Gasteiger charge is 2.22. The first-order chi connectivity index (χ1) is 9.90. The van der Waals surface area contributed by atoms with Gasteiger partial charge in [0.25, 0.3) is 11.6 Å². The molecule has 1 heterocycles. The van der Waals surface area contributed by atoms with E-state index in [1.54, 1.807) is 0 Å². The van der Waals surface area contributed by atoms with Crippen molar-refractivity contribution in [1.29, 1.82) is 0 Å². The second kappa shape index (κ2) is 6.06. The van der Waals surface area contributed by atoms with Crippen molar-refractivity contribution < 1.29 is 9.72 Å². The Bertz CT molecular complexity index is 689. The molecule has 110 valence electrons. The molecule has 8 nitrogen and oxygen atoms in total. The van der Waals surface area contributed by atoms with Crippen LogP contribution in [0.2, 0.25) is 10.0 Å². The Hall–Kier alpha value is -2.19. The number of aromatic amines is 1. The van der Waals surface area contributed by atoms with Crippen molar-refractivity contribution in [3.63, 3.8) is 0 Å². The van der Waals surface area contributed by atoms with Gasteiger partial charge in [0, 0.05) is 18.7 Å². The van der Waals surface area contributed by atoms with Gasteiger partial charge >= 0.3 is 0 Å². The van der Waals surface area contributed by atoms with E-state index < -0.39 is 16.5 Å². The summed E-state index contributed by atoms with van der Waals surface area (Å²) >= 11 is 11.6. The molecule has 0 aliphatic heterocycles. The number of nitrogens with one attached hydrogen (secondary N) is 1. The van der Waals surface area contributed by atoms with E-state index in [1.807, 2.05) is 0 Å². The third-order valence-corrected chi connectivity index (χ3v) is 3.44. The summed E-state index contributed by atoms with van der Waals surface area (Å²) in [6.07, 6.45) is 1.32. The van der Waals surface area contributed by atoms with Crippen molar-refractivity contribution in [2.24, 2.45) is 0 Å². The highest BCUT2D eigenvalue weighted by molar-refractivity contribution is 6.43. The molecule has 0 aliphatic rings. The first-order valence-electron chi connectivity index (χ1n) is 5.63. The summed E-state index contributed by atoms with van der Waals surface area (Å²) in [5.74, 6) is 0.0356. The third-order valence-electron chi connectivity index (χ3n) is 2.65. The maximum Gasteiger partial charge on any atom is 0.290 e. The van der Waals surface area contributed by atoms with Gasteiger partial charge < -0.3 is 4.90 Å². The predicted molar refractivity (Wildman–Crippen MR) is 75.3 cm³/mol. The number of nitro benzene ring substituents is 1. The SMILES string of the molecule is CN(Cc1ncn[nH]1)C(=O)c1cc(Cl)c(Cl)c([N+](=O)[O-])c1. The fourth-order valence-electron chi connectivity index (χ4n) is 1.65. The molecule has 0 aliphatic carbocycles. The standard InChI is InChI=1S/C11H9Cl2N5O3/c1-17(4-9-14-5-15-16-9)11(19)6-2-7(12)10(13)8(3-6)18(20)21/h2-3,5H,4H2,1H3,(H,14,15,16).